The maximum atomic E-state index is 14.4. The van der Waals surface area contributed by atoms with Gasteiger partial charge < -0.3 is 19.7 Å². The van der Waals surface area contributed by atoms with Crippen LogP contribution in [0.1, 0.15) is 80.5 Å². The Balaban J connectivity index is 1.12. The first-order valence-electron chi connectivity index (χ1n) is 20.4. The largest absolute Gasteiger partial charge is 0.497 e. The molecule has 0 saturated carbocycles. The molecule has 0 bridgehead atoms. The molecule has 0 spiro atoms. The van der Waals surface area contributed by atoms with Crippen molar-refractivity contribution in [3.63, 3.8) is 0 Å². The van der Waals surface area contributed by atoms with Crippen LogP contribution in [0.2, 0.25) is 0 Å². The maximum absolute atomic E-state index is 14.4. The van der Waals surface area contributed by atoms with Crippen molar-refractivity contribution in [2.24, 2.45) is 0 Å². The molecule has 1 fully saturated rings. The standard InChI is InChI=1S/C45H57N7O5/c1-5-7-8-9-10-19-46-43(54)32-49-20-22-50(23-21-49)37-17-15-34(16-18-37)25-42-47-29-36-31-51(38-26-40(56-3)28-41(27-38)57-4)45(55)52(44(36)48-42)30-35-13-11-33(12-14-35)24-39(53)6-2/h11-18,26-29H,5-10,19-25,30-32H2,1-4H3,(H,46,54). The molecule has 12 heteroatoms. The van der Waals surface area contributed by atoms with Crippen LogP contribution in [0.25, 0.3) is 0 Å². The van der Waals surface area contributed by atoms with Gasteiger partial charge in [0, 0.05) is 87.6 Å². The summed E-state index contributed by atoms with van der Waals surface area (Å²) in [5.41, 5.74) is 5.54. The van der Waals surface area contributed by atoms with Crippen LogP contribution in [0.5, 0.6) is 11.5 Å². The van der Waals surface area contributed by atoms with Crippen LogP contribution < -0.4 is 29.5 Å². The second kappa shape index (κ2) is 20.1. The van der Waals surface area contributed by atoms with Gasteiger partial charge in [-0.1, -0.05) is 75.9 Å². The molecule has 0 unspecified atom stereocenters. The normalized spacial score (nSPS) is 14.4. The number of anilines is 3. The third kappa shape index (κ3) is 11.1. The van der Waals surface area contributed by atoms with E-state index >= 15 is 0 Å². The van der Waals surface area contributed by atoms with Crippen LogP contribution in [0, 0.1) is 0 Å². The monoisotopic (exact) mass is 775 g/mol. The van der Waals surface area contributed by atoms with Gasteiger partial charge in [-0.2, -0.15) is 0 Å². The molecule has 1 saturated heterocycles. The van der Waals surface area contributed by atoms with Crippen molar-refractivity contribution in [2.45, 2.75) is 78.3 Å². The Hall–Kier alpha value is -5.49. The van der Waals surface area contributed by atoms with E-state index in [1.165, 1.54) is 25.7 Å². The number of carbonyl (C=O) groups excluding carboxylic acids is 3. The number of amides is 3. The molecule has 0 atom stereocenters. The molecule has 1 N–H and O–H groups in total. The van der Waals surface area contributed by atoms with E-state index in [9.17, 15) is 14.4 Å². The van der Waals surface area contributed by atoms with Crippen LogP contribution in [0.4, 0.5) is 22.0 Å². The van der Waals surface area contributed by atoms with Gasteiger partial charge in [0.15, 0.2) is 0 Å². The van der Waals surface area contributed by atoms with E-state index in [1.54, 1.807) is 30.1 Å². The van der Waals surface area contributed by atoms with Gasteiger partial charge in [0.25, 0.3) is 0 Å². The Kier molecular flexibility index (Phi) is 14.5. The molecule has 2 aliphatic heterocycles. The molecule has 302 valence electrons. The number of Topliss-reactive ketones (excluding diaryl/α,β-unsaturated/α-hetero) is 1. The number of nitrogens with zero attached hydrogens (tertiary/aromatic N) is 6. The summed E-state index contributed by atoms with van der Waals surface area (Å²) in [7, 11) is 3.17. The van der Waals surface area contributed by atoms with Crippen molar-refractivity contribution in [1.82, 2.24) is 20.2 Å². The van der Waals surface area contributed by atoms with Crippen molar-refractivity contribution in [1.29, 1.82) is 0 Å². The van der Waals surface area contributed by atoms with E-state index in [1.807, 2.05) is 49.5 Å². The highest BCUT2D eigenvalue weighted by molar-refractivity contribution is 6.05. The Labute approximate surface area is 337 Å². The van der Waals surface area contributed by atoms with Crippen LogP contribution >= 0.6 is 0 Å². The Morgan fingerprint density at radius 2 is 1.46 bits per heavy atom. The van der Waals surface area contributed by atoms with Crippen molar-refractivity contribution in [2.75, 3.05) is 68.2 Å². The van der Waals surface area contributed by atoms with Crippen LogP contribution in [0.15, 0.2) is 72.9 Å². The number of unbranched alkanes of at least 4 members (excludes halogenated alkanes) is 4. The summed E-state index contributed by atoms with van der Waals surface area (Å²) in [6, 6.07) is 21.5. The van der Waals surface area contributed by atoms with E-state index in [-0.39, 0.29) is 30.8 Å². The van der Waals surface area contributed by atoms with E-state index < -0.39 is 0 Å². The van der Waals surface area contributed by atoms with Gasteiger partial charge in [0.1, 0.15) is 28.9 Å². The molecule has 3 amide bonds. The Morgan fingerprint density at radius 1 is 0.789 bits per heavy atom. The number of methoxy groups -OCH3 is 2. The van der Waals surface area contributed by atoms with Crippen LogP contribution in [-0.4, -0.2) is 86.1 Å². The van der Waals surface area contributed by atoms with Crippen molar-refractivity contribution < 1.29 is 23.9 Å². The number of ether oxygens (including phenoxy) is 2. The van der Waals surface area contributed by atoms with Gasteiger partial charge in [-0.3, -0.25) is 24.3 Å². The summed E-state index contributed by atoms with van der Waals surface area (Å²) in [6.45, 7) is 9.27. The van der Waals surface area contributed by atoms with Gasteiger partial charge >= 0.3 is 6.03 Å². The second-order valence-electron chi connectivity index (χ2n) is 14.9. The van der Waals surface area contributed by atoms with E-state index in [0.29, 0.717) is 54.6 Å². The summed E-state index contributed by atoms with van der Waals surface area (Å²) in [4.78, 5) is 56.7. The van der Waals surface area contributed by atoms with Gasteiger partial charge in [0.2, 0.25) is 5.91 Å². The lowest BCUT2D eigenvalue weighted by atomic mass is 10.0. The predicted octanol–water partition coefficient (Wildman–Crippen LogP) is 6.96. The van der Waals surface area contributed by atoms with Crippen molar-refractivity contribution in [3.8, 4) is 11.5 Å². The molecule has 4 aromatic rings. The van der Waals surface area contributed by atoms with Crippen molar-refractivity contribution in [3.05, 3.63) is 101 Å². The molecular weight excluding hydrogens is 719 g/mol. The summed E-state index contributed by atoms with van der Waals surface area (Å²) in [5.74, 6) is 2.66. The molecule has 2 aliphatic rings. The Morgan fingerprint density at radius 3 is 2.12 bits per heavy atom. The minimum absolute atomic E-state index is 0.116. The number of benzene rings is 3. The maximum Gasteiger partial charge on any atom is 0.330 e. The minimum Gasteiger partial charge on any atom is -0.497 e. The lowest BCUT2D eigenvalue weighted by Gasteiger charge is -2.36. The number of hydrogen-bond donors (Lipinski definition) is 1. The highest BCUT2D eigenvalue weighted by Crippen LogP contribution is 2.35. The fourth-order valence-corrected chi connectivity index (χ4v) is 7.31. The third-order valence-electron chi connectivity index (χ3n) is 10.8. The summed E-state index contributed by atoms with van der Waals surface area (Å²) in [6.07, 6.45) is 9.16. The van der Waals surface area contributed by atoms with E-state index in [4.69, 9.17) is 19.4 Å². The number of piperazine rings is 1. The molecule has 0 radical (unpaired) electrons. The lowest BCUT2D eigenvalue weighted by Crippen LogP contribution is -2.49. The van der Waals surface area contributed by atoms with Crippen LogP contribution in [0.3, 0.4) is 0 Å². The van der Waals surface area contributed by atoms with Gasteiger partial charge in [-0.15, -0.1) is 0 Å². The van der Waals surface area contributed by atoms with Gasteiger partial charge in [-0.25, -0.2) is 14.8 Å². The number of aromatic nitrogens is 2. The number of urea groups is 1. The van der Waals surface area contributed by atoms with E-state index in [0.717, 1.165) is 67.1 Å². The lowest BCUT2D eigenvalue weighted by molar-refractivity contribution is -0.122. The van der Waals surface area contributed by atoms with Crippen LogP contribution in [-0.2, 0) is 35.5 Å². The summed E-state index contributed by atoms with van der Waals surface area (Å²) < 4.78 is 11.0. The van der Waals surface area contributed by atoms with Gasteiger partial charge in [0.05, 0.1) is 39.5 Å². The molecule has 57 heavy (non-hydrogen) atoms. The minimum atomic E-state index is -0.226. The first-order valence-corrected chi connectivity index (χ1v) is 20.4. The number of rotatable bonds is 19. The third-order valence-corrected chi connectivity index (χ3v) is 10.8. The summed E-state index contributed by atoms with van der Waals surface area (Å²) >= 11 is 0. The first kappa shape index (κ1) is 41.2. The first-order chi connectivity index (χ1) is 27.8. The predicted molar refractivity (Wildman–Crippen MR) is 224 cm³/mol. The number of fused-ring (bicyclic) bond motifs is 1. The van der Waals surface area contributed by atoms with Gasteiger partial charge in [-0.05, 0) is 35.2 Å². The molecule has 3 heterocycles. The number of hydrogen-bond acceptors (Lipinski definition) is 9. The molecule has 3 aromatic carbocycles. The number of ketones is 1. The fraction of sp³-hybridized carbons (Fsp3) is 0.444. The highest BCUT2D eigenvalue weighted by atomic mass is 16.5. The zero-order valence-electron chi connectivity index (χ0n) is 34.0. The SMILES string of the molecule is CCCCCCCNC(=O)CN1CCN(c2ccc(Cc3ncc4c(n3)N(Cc3ccc(CC(=O)CC)cc3)C(=O)N(c3cc(OC)cc(OC)c3)C4)cc2)CC1. The summed E-state index contributed by atoms with van der Waals surface area (Å²) in [5, 5.41) is 3.09. The average molecular weight is 776 g/mol. The zero-order chi connectivity index (χ0) is 40.1. The second-order valence-corrected chi connectivity index (χ2v) is 14.9. The average Bonchev–Trinajstić information content (AvgIpc) is 3.24. The topological polar surface area (TPSA) is 120 Å². The number of carbonyl (C=O) groups is 3. The molecule has 12 nitrogen and oxygen atoms in total. The Bertz CT molecular complexity index is 1940. The molecular formula is C45H57N7O5. The molecule has 1 aromatic heterocycles. The zero-order valence-corrected chi connectivity index (χ0v) is 34.0. The highest BCUT2D eigenvalue weighted by Gasteiger charge is 2.34. The quantitative estimate of drug-likeness (QED) is 0.101. The smallest absolute Gasteiger partial charge is 0.330 e. The number of nitrogens with one attached hydrogen (secondary N) is 1. The van der Waals surface area contributed by atoms with E-state index in [2.05, 4.69) is 46.3 Å². The fourth-order valence-electron chi connectivity index (χ4n) is 7.31. The molecule has 6 rings (SSSR count). The molecule has 0 aliphatic carbocycles. The van der Waals surface area contributed by atoms with Crippen molar-refractivity contribution >= 4 is 34.9 Å².